The first-order valence-corrected chi connectivity index (χ1v) is 8.17. The van der Waals surface area contributed by atoms with Gasteiger partial charge in [0, 0.05) is 18.7 Å². The van der Waals surface area contributed by atoms with E-state index in [-0.39, 0.29) is 12.1 Å². The molecular weight excluding hydrogens is 304 g/mol. The number of hydrogen-bond donors (Lipinski definition) is 0. The molecule has 1 amide bonds. The summed E-state index contributed by atoms with van der Waals surface area (Å²) in [5.74, 6) is 0.824. The fourth-order valence-electron chi connectivity index (χ4n) is 3.13. The largest absolute Gasteiger partial charge is 0.497 e. The smallest absolute Gasteiger partial charge is 0.411 e. The summed E-state index contributed by atoms with van der Waals surface area (Å²) in [4.78, 5) is 19.0. The topological polar surface area (TPSA) is 51.1 Å². The van der Waals surface area contributed by atoms with Gasteiger partial charge in [0.2, 0.25) is 0 Å². The van der Waals surface area contributed by atoms with Gasteiger partial charge in [-0.2, -0.15) is 0 Å². The van der Waals surface area contributed by atoms with Crippen LogP contribution in [-0.2, 0) is 11.2 Å². The minimum atomic E-state index is -0.515. The summed E-state index contributed by atoms with van der Waals surface area (Å²) >= 11 is 0. The molecule has 0 saturated carbocycles. The molecule has 0 spiro atoms. The summed E-state index contributed by atoms with van der Waals surface area (Å²) < 4.78 is 10.8. The lowest BCUT2D eigenvalue weighted by molar-refractivity contribution is 0.0269. The van der Waals surface area contributed by atoms with Gasteiger partial charge in [-0.05, 0) is 51.0 Å². The van der Waals surface area contributed by atoms with Crippen molar-refractivity contribution in [1.29, 1.82) is 0 Å². The third kappa shape index (κ3) is 3.30. The molecule has 1 aromatic rings. The van der Waals surface area contributed by atoms with Crippen molar-refractivity contribution in [2.45, 2.75) is 45.3 Å². The fraction of sp³-hybridized carbons (Fsp3) is 0.474. The second-order valence-electron chi connectivity index (χ2n) is 7.35. The second-order valence-corrected chi connectivity index (χ2v) is 7.35. The van der Waals surface area contributed by atoms with Gasteiger partial charge in [0.15, 0.2) is 0 Å². The van der Waals surface area contributed by atoms with E-state index in [0.29, 0.717) is 6.54 Å². The molecule has 0 aliphatic carbocycles. The molecule has 0 aromatic heterocycles. The minimum absolute atomic E-state index is 0.0780. The van der Waals surface area contributed by atoms with Crippen molar-refractivity contribution in [3.8, 4) is 5.75 Å². The van der Waals surface area contributed by atoms with Crippen LogP contribution in [0.25, 0.3) is 0 Å². The maximum atomic E-state index is 12.5. The molecule has 2 heterocycles. The fourth-order valence-corrected chi connectivity index (χ4v) is 3.13. The van der Waals surface area contributed by atoms with Crippen LogP contribution in [0.1, 0.15) is 32.8 Å². The Labute approximate surface area is 143 Å². The highest BCUT2D eigenvalue weighted by molar-refractivity contribution is 6.00. The summed E-state index contributed by atoms with van der Waals surface area (Å²) in [6, 6.07) is 5.80. The lowest BCUT2D eigenvalue weighted by Gasteiger charge is -2.28. The van der Waals surface area contributed by atoms with E-state index in [9.17, 15) is 4.79 Å². The molecule has 1 fully saturated rings. The first-order chi connectivity index (χ1) is 11.3. The molecule has 128 valence electrons. The lowest BCUT2D eigenvalue weighted by atomic mass is 10.0. The number of hydrogen-bond acceptors (Lipinski definition) is 4. The number of amides is 1. The summed E-state index contributed by atoms with van der Waals surface area (Å²) in [5.41, 5.74) is 3.59. The quantitative estimate of drug-likeness (QED) is 0.774. The van der Waals surface area contributed by atoms with Crippen molar-refractivity contribution in [1.82, 2.24) is 4.90 Å². The van der Waals surface area contributed by atoms with Crippen LogP contribution in [0, 0.1) is 0 Å². The van der Waals surface area contributed by atoms with Crippen molar-refractivity contribution < 1.29 is 14.3 Å². The minimum Gasteiger partial charge on any atom is -0.497 e. The molecule has 1 saturated heterocycles. The highest BCUT2D eigenvalue weighted by Crippen LogP contribution is 2.35. The van der Waals surface area contributed by atoms with Gasteiger partial charge >= 0.3 is 6.09 Å². The van der Waals surface area contributed by atoms with Gasteiger partial charge in [-0.1, -0.05) is 12.2 Å². The number of nitrogens with zero attached hydrogens (tertiary/aromatic N) is 2. The first-order valence-electron chi connectivity index (χ1n) is 8.17. The van der Waals surface area contributed by atoms with E-state index in [0.717, 1.165) is 41.1 Å². The molecule has 0 bridgehead atoms. The van der Waals surface area contributed by atoms with Gasteiger partial charge in [0.1, 0.15) is 11.4 Å². The first kappa shape index (κ1) is 16.6. The Morgan fingerprint density at radius 2 is 2.12 bits per heavy atom. The third-order valence-electron chi connectivity index (χ3n) is 4.19. The molecule has 2 aliphatic rings. The van der Waals surface area contributed by atoms with Gasteiger partial charge in [-0.15, -0.1) is 0 Å². The molecule has 0 radical (unpaired) electrons. The molecular formula is C19H24N2O3. The zero-order chi connectivity index (χ0) is 17.5. The predicted octanol–water partition coefficient (Wildman–Crippen LogP) is 3.89. The van der Waals surface area contributed by atoms with Gasteiger partial charge in [-0.25, -0.2) is 4.79 Å². The Bertz CT molecular complexity index is 716. The number of aliphatic imine (C=N–C) groups is 1. The third-order valence-corrected chi connectivity index (χ3v) is 4.19. The zero-order valence-corrected chi connectivity index (χ0v) is 14.8. The number of carbonyl (C=O) groups is 1. The average Bonchev–Trinajstić information content (AvgIpc) is 3.07. The normalized spacial score (nSPS) is 20.0. The highest BCUT2D eigenvalue weighted by Gasteiger charge is 2.38. The van der Waals surface area contributed by atoms with Crippen molar-refractivity contribution in [3.05, 3.63) is 35.9 Å². The Morgan fingerprint density at radius 1 is 1.38 bits per heavy atom. The molecule has 3 rings (SSSR count). The standard InChI is InChI=1S/C19H24N2O3/c1-12-8-17(21(11-12)18(22)24-19(2,3)4)16-10-13-9-14(23-5)6-7-15(13)20-16/h6-7,9,17H,1,8,10-11H2,2-5H3/t17-/m0/s1. The van der Waals surface area contributed by atoms with Gasteiger partial charge in [-0.3, -0.25) is 9.89 Å². The number of rotatable bonds is 2. The molecule has 1 aromatic carbocycles. The molecule has 0 N–H and O–H groups in total. The maximum Gasteiger partial charge on any atom is 0.411 e. The molecule has 24 heavy (non-hydrogen) atoms. The number of ether oxygens (including phenoxy) is 2. The van der Waals surface area contributed by atoms with E-state index in [1.54, 1.807) is 12.0 Å². The summed E-state index contributed by atoms with van der Waals surface area (Å²) in [6.07, 6.45) is 1.16. The number of likely N-dealkylation sites (tertiary alicyclic amines) is 1. The van der Waals surface area contributed by atoms with Crippen LogP contribution in [0.15, 0.2) is 35.3 Å². The van der Waals surface area contributed by atoms with Crippen LogP contribution in [0.5, 0.6) is 5.75 Å². The number of methoxy groups -OCH3 is 1. The maximum absolute atomic E-state index is 12.5. The van der Waals surface area contributed by atoms with E-state index in [1.807, 2.05) is 39.0 Å². The van der Waals surface area contributed by atoms with E-state index in [1.165, 1.54) is 0 Å². The Morgan fingerprint density at radius 3 is 2.79 bits per heavy atom. The average molecular weight is 328 g/mol. The summed E-state index contributed by atoms with van der Waals surface area (Å²) in [6.45, 7) is 10.2. The molecule has 5 heteroatoms. The van der Waals surface area contributed by atoms with Crippen LogP contribution in [0.2, 0.25) is 0 Å². The van der Waals surface area contributed by atoms with E-state index < -0.39 is 5.60 Å². The molecule has 5 nitrogen and oxygen atoms in total. The predicted molar refractivity (Wildman–Crippen MR) is 94.3 cm³/mol. The van der Waals surface area contributed by atoms with Gasteiger partial charge < -0.3 is 9.47 Å². The lowest BCUT2D eigenvalue weighted by Crippen LogP contribution is -2.43. The monoisotopic (exact) mass is 328 g/mol. The van der Waals surface area contributed by atoms with Crippen LogP contribution < -0.4 is 4.74 Å². The van der Waals surface area contributed by atoms with Crippen LogP contribution in [0.4, 0.5) is 10.5 Å². The molecule has 1 atom stereocenters. The van der Waals surface area contributed by atoms with E-state index in [2.05, 4.69) is 6.58 Å². The van der Waals surface area contributed by atoms with E-state index in [4.69, 9.17) is 14.5 Å². The van der Waals surface area contributed by atoms with Crippen molar-refractivity contribution in [2.24, 2.45) is 4.99 Å². The highest BCUT2D eigenvalue weighted by atomic mass is 16.6. The summed E-state index contributed by atoms with van der Waals surface area (Å²) in [5, 5.41) is 0. The number of benzene rings is 1. The van der Waals surface area contributed by atoms with Crippen molar-refractivity contribution in [3.63, 3.8) is 0 Å². The SMILES string of the molecule is C=C1C[C@@H](C2=Nc3ccc(OC)cc3C2)N(C(=O)OC(C)(C)C)C1. The van der Waals surface area contributed by atoms with Gasteiger partial charge in [0.25, 0.3) is 0 Å². The Kier molecular flexibility index (Phi) is 4.11. The van der Waals surface area contributed by atoms with Crippen LogP contribution in [-0.4, -0.2) is 42.0 Å². The summed E-state index contributed by atoms with van der Waals surface area (Å²) in [7, 11) is 1.66. The van der Waals surface area contributed by atoms with Gasteiger partial charge in [0.05, 0.1) is 18.8 Å². The van der Waals surface area contributed by atoms with E-state index >= 15 is 0 Å². The van der Waals surface area contributed by atoms with Crippen molar-refractivity contribution >= 4 is 17.5 Å². The number of fused-ring (bicyclic) bond motifs is 1. The van der Waals surface area contributed by atoms with Crippen molar-refractivity contribution in [2.75, 3.05) is 13.7 Å². The number of carbonyl (C=O) groups excluding carboxylic acids is 1. The Hall–Kier alpha value is -2.30. The zero-order valence-electron chi connectivity index (χ0n) is 14.8. The molecule has 0 unspecified atom stereocenters. The second kappa shape index (κ2) is 5.96. The molecule has 2 aliphatic heterocycles. The van der Waals surface area contributed by atoms with Crippen LogP contribution in [0.3, 0.4) is 0 Å². The Balaban J connectivity index is 1.81. The van der Waals surface area contributed by atoms with Crippen LogP contribution >= 0.6 is 0 Å².